The average molecular weight is 1090 g/mol. The first kappa shape index (κ1) is 75.3. The van der Waals surface area contributed by atoms with Gasteiger partial charge in [0.1, 0.15) is 13.2 Å². The lowest BCUT2D eigenvalue weighted by atomic mass is 10.0. The third-order valence-electron chi connectivity index (χ3n) is 15.9. The highest BCUT2D eigenvalue weighted by Gasteiger charge is 2.22. The fourth-order valence-electron chi connectivity index (χ4n) is 10.6. The molecule has 0 bridgehead atoms. The minimum Gasteiger partial charge on any atom is -0.545 e. The first-order valence-electron chi connectivity index (χ1n) is 34.2. The van der Waals surface area contributed by atoms with Gasteiger partial charge in [-0.2, -0.15) is 0 Å². The van der Waals surface area contributed by atoms with E-state index in [-0.39, 0.29) is 32.2 Å². The Labute approximate surface area is 479 Å². The number of carboxylic acids is 1. The van der Waals surface area contributed by atoms with E-state index >= 15 is 0 Å². The van der Waals surface area contributed by atoms with Crippen LogP contribution in [-0.2, 0) is 33.3 Å². The van der Waals surface area contributed by atoms with Crippen LogP contribution in [0.25, 0.3) is 0 Å². The van der Waals surface area contributed by atoms with Gasteiger partial charge in [0.15, 0.2) is 12.4 Å². The molecule has 0 spiro atoms. The summed E-state index contributed by atoms with van der Waals surface area (Å²) in [7, 11) is 5.94. The number of carbonyl (C=O) groups is 3. The van der Waals surface area contributed by atoms with Crippen molar-refractivity contribution in [1.82, 2.24) is 0 Å². The van der Waals surface area contributed by atoms with Gasteiger partial charge in [-0.25, -0.2) is 0 Å². The van der Waals surface area contributed by atoms with Crippen molar-refractivity contribution in [2.75, 3.05) is 47.5 Å². The molecule has 0 radical (unpaired) electrons. The van der Waals surface area contributed by atoms with Crippen molar-refractivity contribution in [3.05, 3.63) is 0 Å². The number of ether oxygens (including phenoxy) is 4. The maximum Gasteiger partial charge on any atom is 0.306 e. The lowest BCUT2D eigenvalue weighted by molar-refractivity contribution is -0.870. The fraction of sp³-hybridized carbons (Fsp3) is 0.956. The largest absolute Gasteiger partial charge is 0.545 e. The minimum atomic E-state index is -1.61. The molecule has 0 fully saturated rings. The van der Waals surface area contributed by atoms with Crippen molar-refractivity contribution in [2.45, 2.75) is 373 Å². The van der Waals surface area contributed by atoms with Gasteiger partial charge in [0.25, 0.3) is 0 Å². The van der Waals surface area contributed by atoms with Gasteiger partial charge in [0.05, 0.1) is 40.3 Å². The van der Waals surface area contributed by atoms with E-state index in [4.69, 9.17) is 18.9 Å². The normalized spacial score (nSPS) is 12.6. The SMILES string of the molecule is CCCCCCCCCCCCCCCCCCCCCCCCCCCCCCCCCCCCCCCCCCC(=O)OC(COC(=O)CCCCCCCCCCCCCC)COC(OCC[N+](C)(C)C)C(=O)[O-]. The molecule has 0 aliphatic carbocycles. The summed E-state index contributed by atoms with van der Waals surface area (Å²) in [6.07, 6.45) is 68.0. The first-order chi connectivity index (χ1) is 37.6. The van der Waals surface area contributed by atoms with E-state index < -0.39 is 24.3 Å². The number of esters is 2. The number of carbonyl (C=O) groups excluding carboxylic acids is 3. The van der Waals surface area contributed by atoms with Gasteiger partial charge in [-0.15, -0.1) is 0 Å². The number of quaternary nitrogens is 1. The topological polar surface area (TPSA) is 111 Å². The van der Waals surface area contributed by atoms with Crippen LogP contribution in [0.2, 0.25) is 0 Å². The molecule has 77 heavy (non-hydrogen) atoms. The van der Waals surface area contributed by atoms with Gasteiger partial charge in [-0.3, -0.25) is 9.59 Å². The van der Waals surface area contributed by atoms with E-state index in [0.29, 0.717) is 17.4 Å². The van der Waals surface area contributed by atoms with Crippen LogP contribution < -0.4 is 5.11 Å². The van der Waals surface area contributed by atoms with Gasteiger partial charge in [-0.1, -0.05) is 335 Å². The van der Waals surface area contributed by atoms with Gasteiger partial charge in [0.2, 0.25) is 0 Å². The maximum atomic E-state index is 12.9. The Morgan fingerprint density at radius 2 is 0.584 bits per heavy atom. The molecule has 9 heteroatoms. The van der Waals surface area contributed by atoms with Crippen LogP contribution >= 0.6 is 0 Å². The maximum absolute atomic E-state index is 12.9. The molecule has 0 aromatic rings. The minimum absolute atomic E-state index is 0.153. The van der Waals surface area contributed by atoms with Gasteiger partial charge >= 0.3 is 11.9 Å². The molecule has 0 saturated heterocycles. The lowest BCUT2D eigenvalue weighted by Gasteiger charge is -2.26. The van der Waals surface area contributed by atoms with Crippen LogP contribution in [0.3, 0.4) is 0 Å². The molecule has 0 rings (SSSR count). The summed E-state index contributed by atoms with van der Waals surface area (Å²) in [4.78, 5) is 37.2. The Balaban J connectivity index is 3.83. The summed E-state index contributed by atoms with van der Waals surface area (Å²) < 4.78 is 22.7. The molecule has 0 aliphatic rings. The van der Waals surface area contributed by atoms with Gasteiger partial charge < -0.3 is 33.3 Å². The third kappa shape index (κ3) is 61.8. The number of likely N-dealkylation sites (N-methyl/N-ethyl adjacent to an activating group) is 1. The number of rotatable bonds is 65. The smallest absolute Gasteiger partial charge is 0.306 e. The second-order valence-electron chi connectivity index (χ2n) is 24.8. The number of hydrogen-bond acceptors (Lipinski definition) is 8. The molecule has 0 N–H and O–H groups in total. The average Bonchev–Trinajstić information content (AvgIpc) is 3.40. The summed E-state index contributed by atoms with van der Waals surface area (Å²) >= 11 is 0. The van der Waals surface area contributed by atoms with E-state index in [1.165, 1.54) is 295 Å². The predicted octanol–water partition coefficient (Wildman–Crippen LogP) is 19.4. The molecular weight excluding hydrogens is 959 g/mol. The molecule has 0 aromatic heterocycles. The van der Waals surface area contributed by atoms with E-state index in [1.807, 2.05) is 21.1 Å². The number of carboxylic acid groups (broad SMARTS) is 1. The van der Waals surface area contributed by atoms with Crippen molar-refractivity contribution in [3.8, 4) is 0 Å². The summed E-state index contributed by atoms with van der Waals surface area (Å²) in [6, 6.07) is 0. The Hall–Kier alpha value is -1.71. The monoisotopic (exact) mass is 1090 g/mol. The predicted molar refractivity (Wildman–Crippen MR) is 325 cm³/mol. The second kappa shape index (κ2) is 60.4. The standard InChI is InChI=1S/C68H133NO8/c1-6-8-10-12-14-16-18-20-21-22-23-24-25-26-27-28-29-30-31-32-33-34-35-36-37-38-39-40-41-42-43-44-45-46-47-49-51-53-55-57-59-66(71)77-64(63-76-68(67(72)73)74-61-60-69(3,4)5)62-75-65(70)58-56-54-52-50-48-19-17-15-13-11-9-7-2/h64,68H,6-63H2,1-5H3. The number of aliphatic carboxylic acids is 1. The van der Waals surface area contributed by atoms with Crippen LogP contribution in [0.1, 0.15) is 361 Å². The van der Waals surface area contributed by atoms with Crippen molar-refractivity contribution >= 4 is 17.9 Å². The zero-order valence-corrected chi connectivity index (χ0v) is 52.4. The van der Waals surface area contributed by atoms with Crippen molar-refractivity contribution in [3.63, 3.8) is 0 Å². The Morgan fingerprint density at radius 1 is 0.338 bits per heavy atom. The van der Waals surface area contributed by atoms with Crippen LogP contribution in [0.15, 0.2) is 0 Å². The molecule has 0 aliphatic heterocycles. The molecule has 458 valence electrons. The lowest BCUT2D eigenvalue weighted by Crippen LogP contribution is -2.44. The van der Waals surface area contributed by atoms with Crippen molar-refractivity contribution in [2.24, 2.45) is 0 Å². The molecule has 0 amide bonds. The molecule has 0 heterocycles. The van der Waals surface area contributed by atoms with Gasteiger partial charge in [-0.05, 0) is 12.8 Å². The second-order valence-corrected chi connectivity index (χ2v) is 24.8. The summed E-state index contributed by atoms with van der Waals surface area (Å²) in [5.41, 5.74) is 0. The fourth-order valence-corrected chi connectivity index (χ4v) is 10.6. The molecule has 9 nitrogen and oxygen atoms in total. The van der Waals surface area contributed by atoms with Crippen LogP contribution in [-0.4, -0.2) is 82.3 Å². The zero-order valence-electron chi connectivity index (χ0n) is 52.4. The van der Waals surface area contributed by atoms with Crippen molar-refractivity contribution in [1.29, 1.82) is 0 Å². The molecule has 2 atom stereocenters. The molecule has 0 aromatic carbocycles. The number of unbranched alkanes of at least 4 members (excludes halogenated alkanes) is 50. The summed E-state index contributed by atoms with van der Waals surface area (Å²) in [5.74, 6) is -2.25. The summed E-state index contributed by atoms with van der Waals surface area (Å²) in [5, 5.41) is 11.8. The molecular formula is C68H133NO8. The number of hydrogen-bond donors (Lipinski definition) is 0. The zero-order chi connectivity index (χ0) is 56.2. The molecule has 0 saturated carbocycles. The Morgan fingerprint density at radius 3 is 0.831 bits per heavy atom. The van der Waals surface area contributed by atoms with Crippen LogP contribution in [0.4, 0.5) is 0 Å². The van der Waals surface area contributed by atoms with E-state index in [2.05, 4.69) is 13.8 Å². The molecule has 2 unspecified atom stereocenters. The number of nitrogens with zero attached hydrogens (tertiary/aromatic N) is 1. The first-order valence-corrected chi connectivity index (χ1v) is 34.2. The van der Waals surface area contributed by atoms with Crippen molar-refractivity contribution < 1.29 is 42.9 Å². The quantitative estimate of drug-likeness (QED) is 0.0256. The Kier molecular flexibility index (Phi) is 59.0. The van der Waals surface area contributed by atoms with Crippen LogP contribution in [0, 0.1) is 0 Å². The van der Waals surface area contributed by atoms with E-state index in [1.54, 1.807) is 0 Å². The Bertz CT molecular complexity index is 1220. The third-order valence-corrected chi connectivity index (χ3v) is 15.9. The van der Waals surface area contributed by atoms with E-state index in [9.17, 15) is 19.5 Å². The van der Waals surface area contributed by atoms with Crippen LogP contribution in [0.5, 0.6) is 0 Å². The highest BCUT2D eigenvalue weighted by Crippen LogP contribution is 2.19. The highest BCUT2D eigenvalue weighted by molar-refractivity contribution is 5.70. The van der Waals surface area contributed by atoms with E-state index in [0.717, 1.165) is 38.5 Å². The van der Waals surface area contributed by atoms with Gasteiger partial charge in [0, 0.05) is 12.8 Å². The summed E-state index contributed by atoms with van der Waals surface area (Å²) in [6.45, 7) is 4.81. The highest BCUT2D eigenvalue weighted by atomic mass is 16.7.